The van der Waals surface area contributed by atoms with E-state index in [4.69, 9.17) is 9.15 Å². The lowest BCUT2D eigenvalue weighted by Crippen LogP contribution is -2.30. The molecule has 3 aromatic rings. The number of sulfonamides is 1. The number of fused-ring (bicyclic) bond motifs is 1. The smallest absolute Gasteiger partial charge is 0.300 e. The predicted molar refractivity (Wildman–Crippen MR) is 122 cm³/mol. The molecule has 0 aliphatic carbocycles. The zero-order valence-corrected chi connectivity index (χ0v) is 19.2. The van der Waals surface area contributed by atoms with Crippen LogP contribution < -0.4 is 14.4 Å². The van der Waals surface area contributed by atoms with Gasteiger partial charge in [-0.1, -0.05) is 19.9 Å². The zero-order chi connectivity index (χ0) is 22.8. The average molecular weight is 445 g/mol. The number of ether oxygens (including phenoxy) is 1. The van der Waals surface area contributed by atoms with E-state index in [1.54, 1.807) is 25.1 Å². The van der Waals surface area contributed by atoms with Crippen LogP contribution in [0, 0.1) is 0 Å². The summed E-state index contributed by atoms with van der Waals surface area (Å²) in [7, 11) is -0.383. The van der Waals surface area contributed by atoms with E-state index >= 15 is 0 Å². The van der Waals surface area contributed by atoms with E-state index in [0.29, 0.717) is 17.6 Å². The minimum atomic E-state index is -4.18. The van der Waals surface area contributed by atoms with Gasteiger partial charge in [-0.05, 0) is 55.2 Å². The second kappa shape index (κ2) is 9.01. The molecule has 1 atom stereocenters. The summed E-state index contributed by atoms with van der Waals surface area (Å²) in [5.74, 6) is -0.541. The highest BCUT2D eigenvalue weighted by molar-refractivity contribution is 7.90. The predicted octanol–water partition coefficient (Wildman–Crippen LogP) is 4.53. The maximum atomic E-state index is 13.1. The lowest BCUT2D eigenvalue weighted by Gasteiger charge is -2.15. The fourth-order valence-electron chi connectivity index (χ4n) is 3.19. The second-order valence-corrected chi connectivity index (χ2v) is 9.26. The van der Waals surface area contributed by atoms with Crippen LogP contribution in [0.25, 0.3) is 11.0 Å². The topological polar surface area (TPSA) is 88.8 Å². The van der Waals surface area contributed by atoms with Gasteiger partial charge in [0.05, 0.1) is 6.61 Å². The Kier molecular flexibility index (Phi) is 6.59. The number of furan rings is 1. The molecule has 2 aromatic carbocycles. The lowest BCUT2D eigenvalue weighted by atomic mass is 9.99. The Morgan fingerprint density at radius 2 is 1.87 bits per heavy atom. The number of nitrogens with zero attached hydrogens (tertiary/aromatic N) is 1. The van der Waals surface area contributed by atoms with Crippen molar-refractivity contribution in [2.75, 3.05) is 25.6 Å². The maximum Gasteiger partial charge on any atom is 0.300 e. The third kappa shape index (κ3) is 4.85. The molecule has 0 saturated carbocycles. The second-order valence-electron chi connectivity index (χ2n) is 7.61. The number of hydrogen-bond acceptors (Lipinski definition) is 6. The van der Waals surface area contributed by atoms with Crippen LogP contribution >= 0.6 is 0 Å². The highest BCUT2D eigenvalue weighted by Crippen LogP contribution is 2.30. The molecule has 0 aliphatic rings. The average Bonchev–Trinajstić information content (AvgIpc) is 3.17. The molecule has 0 radical (unpaired) electrons. The zero-order valence-electron chi connectivity index (χ0n) is 18.4. The molecule has 0 bridgehead atoms. The Labute approximate surface area is 183 Å². The Morgan fingerprint density at radius 1 is 1.13 bits per heavy atom. The fraction of sp³-hybridized carbons (Fsp3) is 0.348. The van der Waals surface area contributed by atoms with E-state index in [2.05, 4.69) is 4.72 Å². The summed E-state index contributed by atoms with van der Waals surface area (Å²) < 4.78 is 39.4. The molecule has 0 fully saturated rings. The Hall–Kier alpha value is -3.00. The molecule has 1 N–H and O–H groups in total. The largest absolute Gasteiger partial charge is 0.492 e. The first-order chi connectivity index (χ1) is 14.7. The van der Waals surface area contributed by atoms with E-state index in [0.717, 1.165) is 17.7 Å². The number of anilines is 1. The van der Waals surface area contributed by atoms with Gasteiger partial charge in [-0.25, -0.2) is 13.1 Å². The molecule has 1 amide bonds. The molecule has 1 heterocycles. The fourth-order valence-corrected chi connectivity index (χ4v) is 4.33. The summed E-state index contributed by atoms with van der Waals surface area (Å²) in [5.41, 5.74) is 2.27. The van der Waals surface area contributed by atoms with Gasteiger partial charge in [0.25, 0.3) is 10.0 Å². The molecule has 166 valence electrons. The molecule has 8 heteroatoms. The molecule has 0 saturated heterocycles. The number of rotatable bonds is 8. The van der Waals surface area contributed by atoms with Crippen LogP contribution in [0.4, 0.5) is 5.69 Å². The van der Waals surface area contributed by atoms with Gasteiger partial charge in [0.2, 0.25) is 0 Å². The Morgan fingerprint density at radius 3 is 2.52 bits per heavy atom. The summed E-state index contributed by atoms with van der Waals surface area (Å²) in [6, 6.07) is 12.1. The van der Waals surface area contributed by atoms with Crippen molar-refractivity contribution in [1.29, 1.82) is 0 Å². The van der Waals surface area contributed by atoms with Crippen molar-refractivity contribution < 1.29 is 22.4 Å². The van der Waals surface area contributed by atoms with Crippen LogP contribution in [0.15, 0.2) is 51.8 Å². The van der Waals surface area contributed by atoms with Crippen LogP contribution in [0.5, 0.6) is 5.75 Å². The maximum absolute atomic E-state index is 13.1. The van der Waals surface area contributed by atoms with Crippen molar-refractivity contribution in [3.8, 4) is 5.75 Å². The van der Waals surface area contributed by atoms with E-state index in [9.17, 15) is 13.2 Å². The summed E-state index contributed by atoms with van der Waals surface area (Å²) in [6.07, 6.45) is 0.855. The van der Waals surface area contributed by atoms with Crippen molar-refractivity contribution in [3.63, 3.8) is 0 Å². The SMILES string of the molecule is CCOc1ccc(C(C)CC)cc1S(=O)(=O)NC(=O)c1cc2ccc(N(C)C)cc2o1. The first-order valence-corrected chi connectivity index (χ1v) is 11.7. The van der Waals surface area contributed by atoms with E-state index in [-0.39, 0.29) is 22.3 Å². The van der Waals surface area contributed by atoms with Crippen molar-refractivity contribution >= 4 is 32.6 Å². The number of hydrogen-bond donors (Lipinski definition) is 1. The number of carbonyl (C=O) groups excluding carboxylic acids is 1. The van der Waals surface area contributed by atoms with E-state index in [1.165, 1.54) is 6.07 Å². The summed E-state index contributed by atoms with van der Waals surface area (Å²) in [5, 5.41) is 0.710. The van der Waals surface area contributed by atoms with Crippen LogP contribution in [-0.2, 0) is 10.0 Å². The van der Waals surface area contributed by atoms with Crippen LogP contribution in [0.2, 0.25) is 0 Å². The third-order valence-electron chi connectivity index (χ3n) is 5.21. The number of nitrogens with one attached hydrogen (secondary N) is 1. The first kappa shape index (κ1) is 22.7. The minimum Gasteiger partial charge on any atom is -0.492 e. The number of amides is 1. The molecule has 3 rings (SSSR count). The Balaban J connectivity index is 1.94. The third-order valence-corrected chi connectivity index (χ3v) is 6.56. The van der Waals surface area contributed by atoms with E-state index < -0.39 is 15.9 Å². The van der Waals surface area contributed by atoms with Crippen LogP contribution in [0.3, 0.4) is 0 Å². The van der Waals surface area contributed by atoms with Crippen molar-refractivity contribution in [2.45, 2.75) is 38.0 Å². The first-order valence-electron chi connectivity index (χ1n) is 10.2. The van der Waals surface area contributed by atoms with Gasteiger partial charge >= 0.3 is 5.91 Å². The molecule has 0 aliphatic heterocycles. The molecular formula is C23H28N2O5S. The van der Waals surface area contributed by atoms with Gasteiger partial charge in [0.15, 0.2) is 5.76 Å². The van der Waals surface area contributed by atoms with Crippen molar-refractivity contribution in [2.24, 2.45) is 0 Å². The summed E-state index contributed by atoms with van der Waals surface area (Å²) in [6.45, 7) is 6.12. The van der Waals surface area contributed by atoms with Gasteiger partial charge < -0.3 is 14.1 Å². The van der Waals surface area contributed by atoms with Gasteiger partial charge in [-0.15, -0.1) is 0 Å². The Bertz CT molecular complexity index is 1200. The highest BCUT2D eigenvalue weighted by atomic mass is 32.2. The molecule has 7 nitrogen and oxygen atoms in total. The van der Waals surface area contributed by atoms with Gasteiger partial charge in [-0.3, -0.25) is 4.79 Å². The summed E-state index contributed by atoms with van der Waals surface area (Å²) in [4.78, 5) is 14.6. The van der Waals surface area contributed by atoms with E-state index in [1.807, 2.05) is 51.0 Å². The van der Waals surface area contributed by atoms with Gasteiger partial charge in [-0.2, -0.15) is 0 Å². The van der Waals surface area contributed by atoms with Crippen molar-refractivity contribution in [1.82, 2.24) is 4.72 Å². The van der Waals surface area contributed by atoms with Crippen LogP contribution in [-0.4, -0.2) is 35.0 Å². The minimum absolute atomic E-state index is 0.0634. The normalized spacial score (nSPS) is 12.5. The summed E-state index contributed by atoms with van der Waals surface area (Å²) >= 11 is 0. The highest BCUT2D eigenvalue weighted by Gasteiger charge is 2.26. The standard InChI is InChI=1S/C23H28N2O5S/c1-6-15(3)16-9-11-19(29-7-2)22(13-16)31(27,28)24-23(26)21-12-17-8-10-18(25(4)5)14-20(17)30-21/h8-15H,6-7H2,1-5H3,(H,24,26). The van der Waals surface area contributed by atoms with Crippen molar-refractivity contribution in [3.05, 3.63) is 53.8 Å². The molecule has 1 unspecified atom stereocenters. The van der Waals surface area contributed by atoms with Crippen LogP contribution in [0.1, 0.15) is 49.2 Å². The quantitative estimate of drug-likeness (QED) is 0.549. The number of carbonyl (C=O) groups is 1. The molecule has 1 aromatic heterocycles. The molecule has 0 spiro atoms. The molecule has 31 heavy (non-hydrogen) atoms. The number of benzene rings is 2. The monoisotopic (exact) mass is 444 g/mol. The van der Waals surface area contributed by atoms with Gasteiger partial charge in [0.1, 0.15) is 16.2 Å². The molecular weight excluding hydrogens is 416 g/mol. The lowest BCUT2D eigenvalue weighted by molar-refractivity contribution is 0.0956. The van der Waals surface area contributed by atoms with Gasteiger partial charge in [0, 0.05) is 31.2 Å².